The highest BCUT2D eigenvalue weighted by molar-refractivity contribution is 6.00. The molecule has 3 aromatic rings. The van der Waals surface area contributed by atoms with Crippen LogP contribution in [0.3, 0.4) is 0 Å². The number of nitrogens with zero attached hydrogens (tertiary/aromatic N) is 3. The fourth-order valence-corrected chi connectivity index (χ4v) is 3.87. The Balaban J connectivity index is 1.39. The molecule has 1 atom stereocenters. The molecule has 4 heteroatoms. The molecule has 0 amide bonds. The van der Waals surface area contributed by atoms with Gasteiger partial charge in [0.1, 0.15) is 0 Å². The van der Waals surface area contributed by atoms with E-state index in [1.54, 1.807) is 0 Å². The molecule has 2 heterocycles. The topological polar surface area (TPSA) is 36.4 Å². The molecule has 0 spiro atoms. The largest absolute Gasteiger partial charge is 0.368 e. The molecule has 0 saturated carbocycles. The average Bonchev–Trinajstić information content (AvgIpc) is 2.79. The number of Topliss-reactive ketones (excluding diaryl/α,β-unsaturated/α-hetero) is 1. The number of piperazine rings is 1. The summed E-state index contributed by atoms with van der Waals surface area (Å²) in [6.07, 6.45) is 3.69. The molecule has 1 aliphatic heterocycles. The maximum Gasteiger partial charge on any atom is 0.170 e. The lowest BCUT2D eigenvalue weighted by Crippen LogP contribution is -2.46. The number of ketones is 1. The predicted molar refractivity (Wildman–Crippen MR) is 119 cm³/mol. The fraction of sp³-hybridized carbons (Fsp3) is 0.280. The Morgan fingerprint density at radius 2 is 1.31 bits per heavy atom. The van der Waals surface area contributed by atoms with Crippen LogP contribution in [0.25, 0.3) is 0 Å². The molecule has 4 rings (SSSR count). The minimum atomic E-state index is -0.143. The summed E-state index contributed by atoms with van der Waals surface area (Å²) in [7, 11) is 0. The van der Waals surface area contributed by atoms with Gasteiger partial charge in [-0.15, -0.1) is 0 Å². The zero-order valence-electron chi connectivity index (χ0n) is 17.1. The summed E-state index contributed by atoms with van der Waals surface area (Å²) < 4.78 is 0. The number of carbonyl (C=O) groups excluding carboxylic acids is 1. The van der Waals surface area contributed by atoms with Gasteiger partial charge in [0.05, 0.1) is 0 Å². The summed E-state index contributed by atoms with van der Waals surface area (Å²) in [6.45, 7) is 7.99. The van der Waals surface area contributed by atoms with E-state index in [9.17, 15) is 4.79 Å². The molecule has 1 aliphatic rings. The second-order valence-electron chi connectivity index (χ2n) is 7.72. The van der Waals surface area contributed by atoms with Crippen molar-refractivity contribution in [2.24, 2.45) is 0 Å². The molecule has 0 bridgehead atoms. The van der Waals surface area contributed by atoms with Gasteiger partial charge in [-0.25, -0.2) is 0 Å². The van der Waals surface area contributed by atoms with E-state index < -0.39 is 0 Å². The van der Waals surface area contributed by atoms with Gasteiger partial charge in [0.25, 0.3) is 0 Å². The van der Waals surface area contributed by atoms with Gasteiger partial charge in [-0.1, -0.05) is 48.9 Å². The first-order valence-electron chi connectivity index (χ1n) is 10.2. The van der Waals surface area contributed by atoms with Crippen molar-refractivity contribution in [3.05, 3.63) is 89.7 Å². The van der Waals surface area contributed by atoms with E-state index in [2.05, 4.69) is 51.2 Å². The van der Waals surface area contributed by atoms with Crippen LogP contribution < -0.4 is 9.80 Å². The highest BCUT2D eigenvalue weighted by atomic mass is 16.1. The van der Waals surface area contributed by atoms with E-state index >= 15 is 0 Å². The average molecular weight is 386 g/mol. The lowest BCUT2D eigenvalue weighted by atomic mass is 9.92. The first-order valence-corrected chi connectivity index (χ1v) is 10.2. The molecular formula is C25H27N3O. The Hall–Kier alpha value is -3.14. The molecule has 0 radical (unpaired) electrons. The summed E-state index contributed by atoms with van der Waals surface area (Å²) in [5, 5.41) is 0. The minimum absolute atomic E-state index is 0.143. The predicted octanol–water partition coefficient (Wildman–Crippen LogP) is 4.70. The number of carbonyl (C=O) groups is 1. The standard InChI is InChI=1S/C25H27N3O/c1-19-3-5-22(6-4-19)25(29)20(2)21-7-9-23(10-8-21)27-15-17-28(18-16-27)24-11-13-26-14-12-24/h3-14,20H,15-18H2,1-2H3. The van der Waals surface area contributed by atoms with Crippen LogP contribution in [0, 0.1) is 6.92 Å². The lowest BCUT2D eigenvalue weighted by Gasteiger charge is -2.37. The molecular weight excluding hydrogens is 358 g/mol. The SMILES string of the molecule is Cc1ccc(C(=O)C(C)c2ccc(N3CCN(c4ccncc4)CC3)cc2)cc1. The molecule has 148 valence electrons. The van der Waals surface area contributed by atoms with Crippen molar-refractivity contribution in [2.45, 2.75) is 19.8 Å². The van der Waals surface area contributed by atoms with E-state index in [1.807, 2.05) is 50.5 Å². The summed E-state index contributed by atoms with van der Waals surface area (Å²) >= 11 is 0. The van der Waals surface area contributed by atoms with Gasteiger partial charge in [0.2, 0.25) is 0 Å². The highest BCUT2D eigenvalue weighted by Crippen LogP contribution is 2.25. The maximum absolute atomic E-state index is 12.8. The molecule has 4 nitrogen and oxygen atoms in total. The zero-order chi connectivity index (χ0) is 20.2. The molecule has 2 aromatic carbocycles. The number of hydrogen-bond donors (Lipinski definition) is 0. The first kappa shape index (κ1) is 19.2. The smallest absolute Gasteiger partial charge is 0.170 e. The zero-order valence-corrected chi connectivity index (χ0v) is 17.1. The summed E-state index contributed by atoms with van der Waals surface area (Å²) in [5.41, 5.74) is 5.47. The molecule has 1 fully saturated rings. The van der Waals surface area contributed by atoms with Gasteiger partial charge in [-0.2, -0.15) is 0 Å². The van der Waals surface area contributed by atoms with Gasteiger partial charge in [0, 0.05) is 61.4 Å². The molecule has 0 N–H and O–H groups in total. The van der Waals surface area contributed by atoms with Crippen molar-refractivity contribution in [3.8, 4) is 0 Å². The van der Waals surface area contributed by atoms with Crippen molar-refractivity contribution >= 4 is 17.2 Å². The summed E-state index contributed by atoms with van der Waals surface area (Å²) in [4.78, 5) is 21.7. The van der Waals surface area contributed by atoms with Gasteiger partial charge in [-0.3, -0.25) is 9.78 Å². The Kier molecular flexibility index (Phi) is 5.61. The van der Waals surface area contributed by atoms with Gasteiger partial charge >= 0.3 is 0 Å². The van der Waals surface area contributed by atoms with E-state index in [1.165, 1.54) is 16.9 Å². The first-order chi connectivity index (χ1) is 14.1. The lowest BCUT2D eigenvalue weighted by molar-refractivity contribution is 0.0966. The van der Waals surface area contributed by atoms with E-state index in [0.29, 0.717) is 0 Å². The van der Waals surface area contributed by atoms with Crippen LogP contribution in [-0.2, 0) is 0 Å². The second kappa shape index (κ2) is 8.48. The van der Waals surface area contributed by atoms with Gasteiger partial charge in [-0.05, 0) is 36.8 Å². The third-order valence-electron chi connectivity index (χ3n) is 5.80. The van der Waals surface area contributed by atoms with Gasteiger partial charge < -0.3 is 9.80 Å². The Labute approximate surface area is 172 Å². The van der Waals surface area contributed by atoms with Crippen molar-refractivity contribution in [1.29, 1.82) is 0 Å². The molecule has 0 aliphatic carbocycles. The number of aromatic nitrogens is 1. The van der Waals surface area contributed by atoms with Gasteiger partial charge in [0.15, 0.2) is 5.78 Å². The van der Waals surface area contributed by atoms with Crippen LogP contribution in [0.4, 0.5) is 11.4 Å². The third-order valence-corrected chi connectivity index (χ3v) is 5.80. The van der Waals surface area contributed by atoms with Crippen LogP contribution in [0.1, 0.15) is 34.3 Å². The normalized spacial score (nSPS) is 15.2. The van der Waals surface area contributed by atoms with E-state index in [0.717, 1.165) is 37.3 Å². The molecule has 1 saturated heterocycles. The van der Waals surface area contributed by atoms with Crippen LogP contribution in [0.15, 0.2) is 73.1 Å². The Morgan fingerprint density at radius 1 is 0.793 bits per heavy atom. The van der Waals surface area contributed by atoms with Crippen molar-refractivity contribution in [2.75, 3.05) is 36.0 Å². The highest BCUT2D eigenvalue weighted by Gasteiger charge is 2.20. The number of aryl methyl sites for hydroxylation is 1. The molecule has 1 aromatic heterocycles. The second-order valence-corrected chi connectivity index (χ2v) is 7.72. The summed E-state index contributed by atoms with van der Waals surface area (Å²) in [6, 6.07) is 20.5. The van der Waals surface area contributed by atoms with Crippen LogP contribution >= 0.6 is 0 Å². The third kappa shape index (κ3) is 4.32. The number of pyridine rings is 1. The number of hydrogen-bond acceptors (Lipinski definition) is 4. The van der Waals surface area contributed by atoms with Crippen molar-refractivity contribution in [3.63, 3.8) is 0 Å². The quantitative estimate of drug-likeness (QED) is 0.597. The number of benzene rings is 2. The fourth-order valence-electron chi connectivity index (χ4n) is 3.87. The maximum atomic E-state index is 12.8. The van der Waals surface area contributed by atoms with E-state index in [4.69, 9.17) is 0 Å². The summed E-state index contributed by atoms with van der Waals surface area (Å²) in [5.74, 6) is 0.0269. The number of rotatable bonds is 5. The van der Waals surface area contributed by atoms with Crippen LogP contribution in [-0.4, -0.2) is 36.9 Å². The van der Waals surface area contributed by atoms with Crippen molar-refractivity contribution < 1.29 is 4.79 Å². The monoisotopic (exact) mass is 385 g/mol. The van der Waals surface area contributed by atoms with Crippen LogP contribution in [0.5, 0.6) is 0 Å². The molecule has 29 heavy (non-hydrogen) atoms. The van der Waals surface area contributed by atoms with Crippen LogP contribution in [0.2, 0.25) is 0 Å². The Bertz CT molecular complexity index is 944. The van der Waals surface area contributed by atoms with E-state index in [-0.39, 0.29) is 11.7 Å². The van der Waals surface area contributed by atoms with Crippen molar-refractivity contribution in [1.82, 2.24) is 4.98 Å². The Morgan fingerprint density at radius 3 is 1.86 bits per heavy atom. The minimum Gasteiger partial charge on any atom is -0.368 e. The molecule has 1 unspecified atom stereocenters. The number of anilines is 2.